The molecule has 18 heavy (non-hydrogen) atoms. The number of halogens is 1. The maximum absolute atomic E-state index is 11.8. The summed E-state index contributed by atoms with van der Waals surface area (Å²) in [6.45, 7) is -0.466. The first-order valence-electron chi connectivity index (χ1n) is 5.26. The lowest BCUT2D eigenvalue weighted by atomic mass is 10.1. The largest absolute Gasteiger partial charge is 0.397 e. The third-order valence-corrected chi connectivity index (χ3v) is 3.26. The second kappa shape index (κ2) is 4.87. The molecule has 1 aliphatic rings. The van der Waals surface area contributed by atoms with Crippen molar-refractivity contribution in [3.63, 3.8) is 0 Å². The standard InChI is InChI=1S/C10H13ClN2O5/c11-6-4(12)1-2-13(9(6)17)10-8(16)7(15)5(3-14)18-10/h1-2,5,7-8,10,14-16H,3,12H2/t5-,7-,8-,10?/m1/s1. The van der Waals surface area contributed by atoms with E-state index in [1.807, 2.05) is 0 Å². The molecule has 0 saturated carbocycles. The van der Waals surface area contributed by atoms with Crippen molar-refractivity contribution in [3.05, 3.63) is 27.6 Å². The molecule has 0 bridgehead atoms. The third kappa shape index (κ3) is 2.00. The number of nitrogen functional groups attached to an aromatic ring is 1. The summed E-state index contributed by atoms with van der Waals surface area (Å²) in [4.78, 5) is 11.8. The van der Waals surface area contributed by atoms with Gasteiger partial charge in [-0.25, -0.2) is 0 Å². The number of anilines is 1. The van der Waals surface area contributed by atoms with E-state index in [4.69, 9.17) is 27.2 Å². The van der Waals surface area contributed by atoms with Gasteiger partial charge >= 0.3 is 0 Å². The van der Waals surface area contributed by atoms with Crippen molar-refractivity contribution in [2.45, 2.75) is 24.5 Å². The Bertz CT molecular complexity index is 506. The quantitative estimate of drug-likeness (QED) is 0.533. The zero-order chi connectivity index (χ0) is 13.4. The van der Waals surface area contributed by atoms with E-state index in [0.717, 1.165) is 4.57 Å². The zero-order valence-electron chi connectivity index (χ0n) is 9.23. The summed E-state index contributed by atoms with van der Waals surface area (Å²) in [6, 6.07) is 1.39. The Morgan fingerprint density at radius 1 is 1.44 bits per heavy atom. The molecule has 0 spiro atoms. The monoisotopic (exact) mass is 276 g/mol. The van der Waals surface area contributed by atoms with E-state index in [9.17, 15) is 15.0 Å². The van der Waals surface area contributed by atoms with Crippen molar-refractivity contribution in [2.24, 2.45) is 0 Å². The molecule has 1 saturated heterocycles. The van der Waals surface area contributed by atoms with Gasteiger partial charge in [-0.15, -0.1) is 0 Å². The van der Waals surface area contributed by atoms with Crippen molar-refractivity contribution in [1.29, 1.82) is 0 Å². The van der Waals surface area contributed by atoms with E-state index in [2.05, 4.69) is 0 Å². The summed E-state index contributed by atoms with van der Waals surface area (Å²) in [6.07, 6.45) is -3.36. The van der Waals surface area contributed by atoms with Gasteiger partial charge in [0.1, 0.15) is 23.3 Å². The predicted molar refractivity (Wildman–Crippen MR) is 63.1 cm³/mol. The first-order valence-corrected chi connectivity index (χ1v) is 5.63. The van der Waals surface area contributed by atoms with Crippen LogP contribution in [0, 0.1) is 0 Å². The number of aliphatic hydroxyl groups excluding tert-OH is 3. The van der Waals surface area contributed by atoms with Crippen molar-refractivity contribution in [3.8, 4) is 0 Å². The maximum atomic E-state index is 11.8. The van der Waals surface area contributed by atoms with Crippen LogP contribution in [0.3, 0.4) is 0 Å². The Kier molecular flexibility index (Phi) is 3.60. The highest BCUT2D eigenvalue weighted by molar-refractivity contribution is 6.32. The molecule has 2 heterocycles. The van der Waals surface area contributed by atoms with E-state index < -0.39 is 36.7 Å². The van der Waals surface area contributed by atoms with Gasteiger partial charge in [0.2, 0.25) is 0 Å². The molecule has 1 fully saturated rings. The molecule has 1 aromatic rings. The molecule has 0 aliphatic carbocycles. The first kappa shape index (κ1) is 13.3. The minimum Gasteiger partial charge on any atom is -0.397 e. The molecular formula is C10H13ClN2O5. The van der Waals surface area contributed by atoms with Crippen LogP contribution in [0.4, 0.5) is 5.69 Å². The summed E-state index contributed by atoms with van der Waals surface area (Å²) in [5.74, 6) is 0. The number of hydrogen-bond donors (Lipinski definition) is 4. The number of hydrogen-bond acceptors (Lipinski definition) is 6. The van der Waals surface area contributed by atoms with Gasteiger partial charge in [-0.1, -0.05) is 11.6 Å². The maximum Gasteiger partial charge on any atom is 0.273 e. The highest BCUT2D eigenvalue weighted by atomic mass is 35.5. The Hall–Kier alpha value is -1.12. The summed E-state index contributed by atoms with van der Waals surface area (Å²) < 4.78 is 6.24. The number of rotatable bonds is 2. The van der Waals surface area contributed by atoms with Gasteiger partial charge in [-0.2, -0.15) is 0 Å². The molecule has 7 nitrogen and oxygen atoms in total. The van der Waals surface area contributed by atoms with Gasteiger partial charge in [0.05, 0.1) is 12.3 Å². The molecule has 1 aromatic heterocycles. The van der Waals surface area contributed by atoms with Gasteiger partial charge < -0.3 is 25.8 Å². The normalized spacial score (nSPS) is 31.8. The lowest BCUT2D eigenvalue weighted by Gasteiger charge is -2.18. The average Bonchev–Trinajstić information content (AvgIpc) is 2.64. The van der Waals surface area contributed by atoms with Gasteiger partial charge in [-0.05, 0) is 6.07 Å². The predicted octanol–water partition coefficient (Wildman–Crippen LogP) is -1.30. The van der Waals surface area contributed by atoms with E-state index in [0.29, 0.717) is 0 Å². The summed E-state index contributed by atoms with van der Waals surface area (Å²) in [7, 11) is 0. The number of aromatic nitrogens is 1. The van der Waals surface area contributed by atoms with E-state index in [1.54, 1.807) is 0 Å². The molecule has 0 aromatic carbocycles. The molecule has 5 N–H and O–H groups in total. The lowest BCUT2D eigenvalue weighted by Crippen LogP contribution is -2.35. The van der Waals surface area contributed by atoms with E-state index in [1.165, 1.54) is 12.3 Å². The van der Waals surface area contributed by atoms with Crippen LogP contribution in [-0.2, 0) is 4.74 Å². The van der Waals surface area contributed by atoms with Crippen molar-refractivity contribution >= 4 is 17.3 Å². The fraction of sp³-hybridized carbons (Fsp3) is 0.500. The van der Waals surface area contributed by atoms with Crippen molar-refractivity contribution in [2.75, 3.05) is 12.3 Å². The highest BCUT2D eigenvalue weighted by Gasteiger charge is 2.43. The molecule has 1 unspecified atom stereocenters. The van der Waals surface area contributed by atoms with Gasteiger partial charge in [-0.3, -0.25) is 9.36 Å². The minimum atomic E-state index is -1.33. The van der Waals surface area contributed by atoms with Gasteiger partial charge in [0.15, 0.2) is 6.23 Å². The summed E-state index contributed by atoms with van der Waals surface area (Å²) in [5, 5.41) is 28.1. The van der Waals surface area contributed by atoms with Crippen LogP contribution in [-0.4, -0.2) is 44.8 Å². The molecular weight excluding hydrogens is 264 g/mol. The Balaban J connectivity index is 2.39. The van der Waals surface area contributed by atoms with Crippen LogP contribution in [0.15, 0.2) is 17.1 Å². The average molecular weight is 277 g/mol. The topological polar surface area (TPSA) is 118 Å². The van der Waals surface area contributed by atoms with E-state index >= 15 is 0 Å². The number of ether oxygens (including phenoxy) is 1. The Morgan fingerprint density at radius 2 is 2.11 bits per heavy atom. The fourth-order valence-electron chi connectivity index (χ4n) is 1.85. The first-order chi connectivity index (χ1) is 8.47. The number of nitrogens with two attached hydrogens (primary N) is 1. The molecule has 0 radical (unpaired) electrons. The van der Waals surface area contributed by atoms with Crippen LogP contribution < -0.4 is 11.3 Å². The van der Waals surface area contributed by atoms with Crippen molar-refractivity contribution < 1.29 is 20.1 Å². The van der Waals surface area contributed by atoms with Crippen molar-refractivity contribution in [1.82, 2.24) is 4.57 Å². The number of nitrogens with zero attached hydrogens (tertiary/aromatic N) is 1. The van der Waals surface area contributed by atoms with Crippen LogP contribution >= 0.6 is 11.6 Å². The van der Waals surface area contributed by atoms with E-state index in [-0.39, 0.29) is 10.7 Å². The molecule has 0 amide bonds. The number of pyridine rings is 1. The summed E-state index contributed by atoms with van der Waals surface area (Å²) in [5.41, 5.74) is 4.95. The third-order valence-electron chi connectivity index (χ3n) is 2.88. The van der Waals surface area contributed by atoms with Crippen LogP contribution in [0.25, 0.3) is 0 Å². The fourth-order valence-corrected chi connectivity index (χ4v) is 2.01. The Labute approximate surface area is 107 Å². The second-order valence-electron chi connectivity index (χ2n) is 4.03. The molecule has 8 heteroatoms. The molecule has 2 rings (SSSR count). The lowest BCUT2D eigenvalue weighted by molar-refractivity contribution is -0.0543. The van der Waals surface area contributed by atoms with Crippen LogP contribution in [0.2, 0.25) is 5.02 Å². The molecule has 4 atom stereocenters. The SMILES string of the molecule is Nc1ccn(C2O[C@H](CO)[C@@H](O)[C@H]2O)c(=O)c1Cl. The second-order valence-corrected chi connectivity index (χ2v) is 4.40. The van der Waals surface area contributed by atoms with Gasteiger partial charge in [0.25, 0.3) is 5.56 Å². The van der Waals surface area contributed by atoms with Crippen LogP contribution in [0.5, 0.6) is 0 Å². The summed E-state index contributed by atoms with van der Waals surface area (Å²) >= 11 is 5.71. The van der Waals surface area contributed by atoms with Gasteiger partial charge in [0, 0.05) is 6.20 Å². The zero-order valence-corrected chi connectivity index (χ0v) is 9.99. The minimum absolute atomic E-state index is 0.115. The molecule has 1 aliphatic heterocycles. The Morgan fingerprint density at radius 3 is 2.67 bits per heavy atom. The molecule has 100 valence electrons. The number of aliphatic hydroxyl groups is 3. The smallest absolute Gasteiger partial charge is 0.273 e. The highest BCUT2D eigenvalue weighted by Crippen LogP contribution is 2.28. The van der Waals surface area contributed by atoms with Crippen LogP contribution in [0.1, 0.15) is 6.23 Å².